The zero-order chi connectivity index (χ0) is 17.9. The molecule has 0 atom stereocenters. The topological polar surface area (TPSA) is 17.0 Å². The quantitative estimate of drug-likeness (QED) is 0.598. The van der Waals surface area contributed by atoms with Gasteiger partial charge in [-0.25, -0.2) is 0 Å². The number of hydrogen-bond acceptors (Lipinski definition) is 1. The zero-order valence-electron chi connectivity index (χ0n) is 16.1. The fraction of sp³-hybridized carbons (Fsp3) is 0.417. The van der Waals surface area contributed by atoms with Crippen molar-refractivity contribution in [3.05, 3.63) is 70.4 Å². The Morgan fingerprint density at radius 2 is 1.69 bits per heavy atom. The summed E-state index contributed by atoms with van der Waals surface area (Å²) in [6.45, 7) is 7.50. The predicted octanol–water partition coefficient (Wildman–Crippen LogP) is 5.32. The summed E-state index contributed by atoms with van der Waals surface area (Å²) in [7, 11) is 0. The van der Waals surface area contributed by atoms with E-state index in [-0.39, 0.29) is 0 Å². The summed E-state index contributed by atoms with van der Waals surface area (Å²) in [5.41, 5.74) is 8.75. The molecule has 0 saturated carbocycles. The lowest BCUT2D eigenvalue weighted by Crippen LogP contribution is -2.17. The first kappa shape index (κ1) is 17.4. The lowest BCUT2D eigenvalue weighted by atomic mass is 9.95. The molecular weight excluding hydrogens is 316 g/mol. The summed E-state index contributed by atoms with van der Waals surface area (Å²) in [6, 6.07) is 15.8. The highest BCUT2D eigenvalue weighted by Crippen LogP contribution is 2.32. The molecule has 2 aromatic carbocycles. The van der Waals surface area contributed by atoms with Gasteiger partial charge in [0.15, 0.2) is 0 Å². The highest BCUT2D eigenvalue weighted by Gasteiger charge is 2.19. The first-order valence-electron chi connectivity index (χ1n) is 10.1. The SMILES string of the molecule is Cc1ccc(CNCCCn2c3c(c4cc(C)ccc42)CCCC3)cc1. The third-order valence-electron chi connectivity index (χ3n) is 5.72. The first-order chi connectivity index (χ1) is 12.7. The minimum Gasteiger partial charge on any atom is -0.344 e. The standard InChI is InChI=1S/C24H30N2/c1-18-8-11-20(12-9-18)17-25-14-5-15-26-23-7-4-3-6-21(23)22-16-19(2)10-13-24(22)26/h8-13,16,25H,3-7,14-15,17H2,1-2H3. The van der Waals surface area contributed by atoms with E-state index in [0.717, 1.165) is 19.6 Å². The van der Waals surface area contributed by atoms with E-state index in [1.54, 1.807) is 11.3 Å². The average molecular weight is 347 g/mol. The molecule has 4 rings (SSSR count). The molecule has 0 spiro atoms. The van der Waals surface area contributed by atoms with Crippen molar-refractivity contribution in [2.75, 3.05) is 6.54 Å². The summed E-state index contributed by atoms with van der Waals surface area (Å²) in [5, 5.41) is 5.11. The molecule has 26 heavy (non-hydrogen) atoms. The largest absolute Gasteiger partial charge is 0.344 e. The van der Waals surface area contributed by atoms with Crippen molar-refractivity contribution in [2.24, 2.45) is 0 Å². The van der Waals surface area contributed by atoms with Gasteiger partial charge in [-0.15, -0.1) is 0 Å². The van der Waals surface area contributed by atoms with Crippen LogP contribution >= 0.6 is 0 Å². The molecule has 1 aromatic heterocycles. The minimum absolute atomic E-state index is 0.962. The van der Waals surface area contributed by atoms with E-state index < -0.39 is 0 Å². The summed E-state index contributed by atoms with van der Waals surface area (Å²) in [6.07, 6.45) is 6.37. The molecule has 0 bridgehead atoms. The van der Waals surface area contributed by atoms with Crippen LogP contribution in [-0.2, 0) is 25.9 Å². The van der Waals surface area contributed by atoms with E-state index >= 15 is 0 Å². The van der Waals surface area contributed by atoms with E-state index in [2.05, 4.69) is 66.2 Å². The highest BCUT2D eigenvalue weighted by atomic mass is 15.0. The number of benzene rings is 2. The van der Waals surface area contributed by atoms with Crippen molar-refractivity contribution in [3.8, 4) is 0 Å². The normalized spacial score (nSPS) is 13.9. The zero-order valence-corrected chi connectivity index (χ0v) is 16.1. The average Bonchev–Trinajstić information content (AvgIpc) is 2.96. The maximum atomic E-state index is 3.61. The summed E-state index contributed by atoms with van der Waals surface area (Å²) < 4.78 is 2.61. The van der Waals surface area contributed by atoms with Gasteiger partial charge in [0.05, 0.1) is 0 Å². The molecule has 1 heterocycles. The van der Waals surface area contributed by atoms with Gasteiger partial charge in [-0.05, 0) is 75.8 Å². The Hall–Kier alpha value is -2.06. The van der Waals surface area contributed by atoms with Crippen molar-refractivity contribution in [2.45, 2.75) is 59.0 Å². The number of rotatable bonds is 6. The van der Waals surface area contributed by atoms with Gasteiger partial charge >= 0.3 is 0 Å². The summed E-state index contributed by atoms with van der Waals surface area (Å²) in [5.74, 6) is 0. The van der Waals surface area contributed by atoms with Crippen LogP contribution in [0.5, 0.6) is 0 Å². The van der Waals surface area contributed by atoms with Crippen molar-refractivity contribution in [1.29, 1.82) is 0 Å². The van der Waals surface area contributed by atoms with Gasteiger partial charge in [-0.1, -0.05) is 41.5 Å². The molecule has 2 nitrogen and oxygen atoms in total. The number of fused-ring (bicyclic) bond motifs is 3. The van der Waals surface area contributed by atoms with Gasteiger partial charge < -0.3 is 9.88 Å². The lowest BCUT2D eigenvalue weighted by Gasteiger charge is -2.16. The molecule has 1 N–H and O–H groups in total. The Morgan fingerprint density at radius 3 is 2.54 bits per heavy atom. The molecule has 1 aliphatic rings. The Morgan fingerprint density at radius 1 is 0.923 bits per heavy atom. The second-order valence-electron chi connectivity index (χ2n) is 7.82. The van der Waals surface area contributed by atoms with Gasteiger partial charge in [-0.3, -0.25) is 0 Å². The van der Waals surface area contributed by atoms with E-state index in [1.165, 1.54) is 59.7 Å². The van der Waals surface area contributed by atoms with Crippen LogP contribution in [0, 0.1) is 13.8 Å². The first-order valence-corrected chi connectivity index (χ1v) is 10.1. The van der Waals surface area contributed by atoms with Gasteiger partial charge in [0, 0.05) is 29.7 Å². The van der Waals surface area contributed by atoms with Gasteiger partial charge in [0.2, 0.25) is 0 Å². The number of nitrogens with one attached hydrogen (secondary N) is 1. The second-order valence-corrected chi connectivity index (χ2v) is 7.82. The van der Waals surface area contributed by atoms with E-state index in [9.17, 15) is 0 Å². The van der Waals surface area contributed by atoms with Crippen LogP contribution in [0.1, 0.15) is 47.2 Å². The molecule has 1 aliphatic carbocycles. The number of aryl methyl sites for hydroxylation is 4. The van der Waals surface area contributed by atoms with Gasteiger partial charge in [0.25, 0.3) is 0 Å². The summed E-state index contributed by atoms with van der Waals surface area (Å²) in [4.78, 5) is 0. The van der Waals surface area contributed by atoms with Crippen LogP contribution in [-0.4, -0.2) is 11.1 Å². The lowest BCUT2D eigenvalue weighted by molar-refractivity contribution is 0.561. The molecule has 136 valence electrons. The van der Waals surface area contributed by atoms with Crippen LogP contribution < -0.4 is 5.32 Å². The molecular formula is C24H30N2. The highest BCUT2D eigenvalue weighted by molar-refractivity contribution is 5.86. The van der Waals surface area contributed by atoms with Crippen molar-refractivity contribution >= 4 is 10.9 Å². The Labute approximate surface area is 157 Å². The van der Waals surface area contributed by atoms with Gasteiger partial charge in [-0.2, -0.15) is 0 Å². The Balaban J connectivity index is 1.41. The number of hydrogen-bond donors (Lipinski definition) is 1. The van der Waals surface area contributed by atoms with E-state index in [4.69, 9.17) is 0 Å². The summed E-state index contributed by atoms with van der Waals surface area (Å²) >= 11 is 0. The van der Waals surface area contributed by atoms with Crippen molar-refractivity contribution < 1.29 is 0 Å². The van der Waals surface area contributed by atoms with Crippen LogP contribution in [0.15, 0.2) is 42.5 Å². The van der Waals surface area contributed by atoms with Gasteiger partial charge in [0.1, 0.15) is 0 Å². The maximum absolute atomic E-state index is 3.61. The molecule has 0 radical (unpaired) electrons. The fourth-order valence-corrected chi connectivity index (χ4v) is 4.31. The monoisotopic (exact) mass is 346 g/mol. The van der Waals surface area contributed by atoms with Crippen molar-refractivity contribution in [3.63, 3.8) is 0 Å². The third kappa shape index (κ3) is 3.57. The molecule has 0 saturated heterocycles. The van der Waals surface area contributed by atoms with Crippen molar-refractivity contribution in [1.82, 2.24) is 9.88 Å². The Kier molecular flexibility index (Phi) is 5.12. The van der Waals surface area contributed by atoms with Crippen LogP contribution in [0.2, 0.25) is 0 Å². The predicted molar refractivity (Wildman–Crippen MR) is 111 cm³/mol. The smallest absolute Gasteiger partial charge is 0.0485 e. The van der Waals surface area contributed by atoms with E-state index in [1.807, 2.05) is 0 Å². The van der Waals surface area contributed by atoms with Crippen LogP contribution in [0.25, 0.3) is 10.9 Å². The molecule has 0 amide bonds. The van der Waals surface area contributed by atoms with E-state index in [0.29, 0.717) is 0 Å². The maximum Gasteiger partial charge on any atom is 0.0485 e. The molecule has 2 heteroatoms. The van der Waals surface area contributed by atoms with Crippen LogP contribution in [0.3, 0.4) is 0 Å². The second kappa shape index (κ2) is 7.67. The molecule has 0 unspecified atom stereocenters. The minimum atomic E-state index is 0.962. The third-order valence-corrected chi connectivity index (χ3v) is 5.72. The molecule has 3 aromatic rings. The number of aromatic nitrogens is 1. The fourth-order valence-electron chi connectivity index (χ4n) is 4.31. The molecule has 0 fully saturated rings. The van der Waals surface area contributed by atoms with Crippen LogP contribution in [0.4, 0.5) is 0 Å². The number of nitrogens with zero attached hydrogens (tertiary/aromatic N) is 1. The Bertz CT molecular complexity index is 887. The molecule has 0 aliphatic heterocycles.